The molecule has 1 aromatic heterocycles. The second-order valence-electron chi connectivity index (χ2n) is 6.96. The lowest BCUT2D eigenvalue weighted by Crippen LogP contribution is -2.42. The van der Waals surface area contributed by atoms with Crippen LogP contribution in [0, 0.1) is 0 Å². The van der Waals surface area contributed by atoms with Gasteiger partial charge in [-0.1, -0.05) is 35.5 Å². The minimum absolute atomic E-state index is 0.0564. The van der Waals surface area contributed by atoms with Crippen molar-refractivity contribution in [3.8, 4) is 11.3 Å². The molecule has 0 saturated carbocycles. The molecule has 0 radical (unpaired) electrons. The van der Waals surface area contributed by atoms with Crippen molar-refractivity contribution in [3.63, 3.8) is 0 Å². The summed E-state index contributed by atoms with van der Waals surface area (Å²) in [6, 6.07) is 14.0. The number of fused-ring (bicyclic) bond motifs is 1. The zero-order valence-electron chi connectivity index (χ0n) is 15.4. The molecule has 2 amide bonds. The van der Waals surface area contributed by atoms with E-state index in [4.69, 9.17) is 4.52 Å². The van der Waals surface area contributed by atoms with Crippen LogP contribution in [-0.4, -0.2) is 49.5 Å². The van der Waals surface area contributed by atoms with Crippen molar-refractivity contribution in [1.29, 1.82) is 0 Å². The van der Waals surface area contributed by atoms with E-state index in [1.807, 2.05) is 30.3 Å². The van der Waals surface area contributed by atoms with E-state index in [1.165, 1.54) is 0 Å². The molecule has 0 spiro atoms. The van der Waals surface area contributed by atoms with Crippen LogP contribution in [0.5, 0.6) is 0 Å². The number of hydrogen-bond acceptors (Lipinski definition) is 6. The van der Waals surface area contributed by atoms with Crippen LogP contribution in [0.1, 0.15) is 16.8 Å². The molecule has 2 heterocycles. The van der Waals surface area contributed by atoms with Crippen LogP contribution in [0.2, 0.25) is 0 Å². The first-order valence-corrected chi connectivity index (χ1v) is 11.0. The molecule has 2 N–H and O–H groups in total. The summed E-state index contributed by atoms with van der Waals surface area (Å²) >= 11 is 0. The van der Waals surface area contributed by atoms with E-state index in [1.54, 1.807) is 18.2 Å². The number of nitrogens with one attached hydrogen (secondary N) is 2. The number of amides is 2. The fourth-order valence-electron chi connectivity index (χ4n) is 3.33. The van der Waals surface area contributed by atoms with E-state index in [2.05, 4.69) is 15.8 Å². The molecule has 9 heteroatoms. The number of carbonyl (C=O) groups excluding carboxylic acids is 2. The number of rotatable bonds is 5. The largest absolute Gasteiger partial charge is 0.355 e. The van der Waals surface area contributed by atoms with Crippen LogP contribution in [0.4, 0.5) is 0 Å². The Morgan fingerprint density at radius 1 is 1.14 bits per heavy atom. The van der Waals surface area contributed by atoms with Crippen LogP contribution < -0.4 is 10.6 Å². The third kappa shape index (κ3) is 4.29. The summed E-state index contributed by atoms with van der Waals surface area (Å²) in [5.74, 6) is -0.250. The summed E-state index contributed by atoms with van der Waals surface area (Å²) in [4.78, 5) is 24.5. The van der Waals surface area contributed by atoms with Gasteiger partial charge in [0.25, 0.3) is 5.91 Å². The summed E-state index contributed by atoms with van der Waals surface area (Å²) in [7, 11) is -3.07. The van der Waals surface area contributed by atoms with E-state index >= 15 is 0 Å². The summed E-state index contributed by atoms with van der Waals surface area (Å²) < 4.78 is 28.3. The van der Waals surface area contributed by atoms with Gasteiger partial charge in [-0.25, -0.2) is 8.42 Å². The Hall–Kier alpha value is -3.20. The number of carbonyl (C=O) groups is 2. The highest BCUT2D eigenvalue weighted by Crippen LogP contribution is 2.29. The van der Waals surface area contributed by atoms with Gasteiger partial charge >= 0.3 is 0 Å². The lowest BCUT2D eigenvalue weighted by atomic mass is 10.1. The average molecular weight is 413 g/mol. The molecular formula is C20H19N3O5S. The standard InChI is InChI=1S/C20H19N3O5S/c24-18(22-15-8-9-29(26,27)12-15)11-21-20(25)14-6-7-17-16(10-14)19(28-23-17)13-4-2-1-3-5-13/h1-7,10,15H,8-9,11-12H2,(H,21,25)(H,22,24)/t15-/m1/s1. The summed E-state index contributed by atoms with van der Waals surface area (Å²) in [6.07, 6.45) is 0.397. The van der Waals surface area contributed by atoms with Crippen molar-refractivity contribution < 1.29 is 22.5 Å². The predicted octanol–water partition coefficient (Wildman–Crippen LogP) is 1.53. The third-order valence-corrected chi connectivity index (χ3v) is 6.55. The van der Waals surface area contributed by atoms with Crippen LogP contribution in [0.25, 0.3) is 22.2 Å². The van der Waals surface area contributed by atoms with Crippen molar-refractivity contribution in [2.75, 3.05) is 18.1 Å². The first-order chi connectivity index (χ1) is 13.9. The molecule has 0 bridgehead atoms. The van der Waals surface area contributed by atoms with Gasteiger partial charge in [-0.2, -0.15) is 0 Å². The Kier molecular flexibility index (Phi) is 5.06. The number of nitrogens with zero attached hydrogens (tertiary/aromatic N) is 1. The van der Waals surface area contributed by atoms with E-state index in [0.717, 1.165) is 5.56 Å². The van der Waals surface area contributed by atoms with Gasteiger partial charge in [0.15, 0.2) is 15.6 Å². The molecule has 1 fully saturated rings. The zero-order chi connectivity index (χ0) is 20.4. The lowest BCUT2D eigenvalue weighted by molar-refractivity contribution is -0.120. The Bertz CT molecular complexity index is 1170. The third-order valence-electron chi connectivity index (χ3n) is 4.78. The summed E-state index contributed by atoms with van der Waals surface area (Å²) in [5, 5.41) is 9.92. The minimum atomic E-state index is -3.07. The molecule has 1 saturated heterocycles. The van der Waals surface area contributed by atoms with Gasteiger partial charge < -0.3 is 15.2 Å². The van der Waals surface area contributed by atoms with Gasteiger partial charge in [0.2, 0.25) is 5.91 Å². The molecular weight excluding hydrogens is 394 g/mol. The van der Waals surface area contributed by atoms with E-state index in [-0.39, 0.29) is 18.1 Å². The Labute approximate surface area is 167 Å². The van der Waals surface area contributed by atoms with Crippen molar-refractivity contribution in [3.05, 3.63) is 54.1 Å². The maximum absolute atomic E-state index is 12.5. The second kappa shape index (κ2) is 7.67. The highest BCUT2D eigenvalue weighted by molar-refractivity contribution is 7.91. The number of aromatic nitrogens is 1. The summed E-state index contributed by atoms with van der Waals surface area (Å²) in [6.45, 7) is -0.234. The quantitative estimate of drug-likeness (QED) is 0.655. The molecule has 1 atom stereocenters. The molecule has 1 aliphatic rings. The lowest BCUT2D eigenvalue weighted by Gasteiger charge is -2.11. The topological polar surface area (TPSA) is 118 Å². The van der Waals surface area contributed by atoms with Gasteiger partial charge in [0, 0.05) is 17.2 Å². The smallest absolute Gasteiger partial charge is 0.251 e. The monoisotopic (exact) mass is 413 g/mol. The van der Waals surface area contributed by atoms with Gasteiger partial charge in [-0.05, 0) is 24.6 Å². The van der Waals surface area contributed by atoms with Gasteiger partial charge in [-0.3, -0.25) is 9.59 Å². The van der Waals surface area contributed by atoms with Gasteiger partial charge in [0.05, 0.1) is 23.4 Å². The fourth-order valence-corrected chi connectivity index (χ4v) is 5.00. The molecule has 29 heavy (non-hydrogen) atoms. The molecule has 3 aromatic rings. The van der Waals surface area contributed by atoms with Crippen LogP contribution in [0.15, 0.2) is 53.1 Å². The first kappa shape index (κ1) is 19.1. The number of benzene rings is 2. The zero-order valence-corrected chi connectivity index (χ0v) is 16.2. The van der Waals surface area contributed by atoms with Gasteiger partial charge in [-0.15, -0.1) is 0 Å². The average Bonchev–Trinajstić information content (AvgIpc) is 3.28. The summed E-state index contributed by atoms with van der Waals surface area (Å²) in [5.41, 5.74) is 1.84. The highest BCUT2D eigenvalue weighted by atomic mass is 32.2. The van der Waals surface area contributed by atoms with Crippen molar-refractivity contribution in [2.24, 2.45) is 0 Å². The minimum Gasteiger partial charge on any atom is -0.355 e. The fraction of sp³-hybridized carbons (Fsp3) is 0.250. The molecule has 0 aliphatic carbocycles. The molecule has 8 nitrogen and oxygen atoms in total. The normalized spacial score (nSPS) is 17.9. The molecule has 1 aliphatic heterocycles. The number of sulfone groups is 1. The maximum Gasteiger partial charge on any atom is 0.251 e. The van der Waals surface area contributed by atoms with Crippen LogP contribution in [0.3, 0.4) is 0 Å². The Balaban J connectivity index is 1.43. The highest BCUT2D eigenvalue weighted by Gasteiger charge is 2.28. The van der Waals surface area contributed by atoms with E-state index in [0.29, 0.717) is 28.6 Å². The molecule has 0 unspecified atom stereocenters. The Morgan fingerprint density at radius 2 is 1.93 bits per heavy atom. The number of hydrogen-bond donors (Lipinski definition) is 2. The molecule has 2 aromatic carbocycles. The van der Waals surface area contributed by atoms with E-state index in [9.17, 15) is 18.0 Å². The van der Waals surface area contributed by atoms with E-state index < -0.39 is 27.7 Å². The van der Waals surface area contributed by atoms with Crippen LogP contribution >= 0.6 is 0 Å². The maximum atomic E-state index is 12.5. The second-order valence-corrected chi connectivity index (χ2v) is 9.19. The predicted molar refractivity (Wildman–Crippen MR) is 107 cm³/mol. The van der Waals surface area contributed by atoms with Crippen LogP contribution in [-0.2, 0) is 14.6 Å². The Morgan fingerprint density at radius 3 is 2.66 bits per heavy atom. The molecule has 150 valence electrons. The van der Waals surface area contributed by atoms with Crippen molar-refractivity contribution in [2.45, 2.75) is 12.5 Å². The molecule has 4 rings (SSSR count). The van der Waals surface area contributed by atoms with Crippen molar-refractivity contribution in [1.82, 2.24) is 15.8 Å². The SMILES string of the molecule is O=C(CNC(=O)c1ccc2noc(-c3ccccc3)c2c1)N[C@@H]1CCS(=O)(=O)C1. The van der Waals surface area contributed by atoms with Crippen molar-refractivity contribution >= 4 is 32.6 Å². The van der Waals surface area contributed by atoms with Gasteiger partial charge in [0.1, 0.15) is 5.52 Å². The first-order valence-electron chi connectivity index (χ1n) is 9.14.